The van der Waals surface area contributed by atoms with Crippen LogP contribution in [0.15, 0.2) is 42.5 Å². The van der Waals surface area contributed by atoms with Crippen LogP contribution in [0, 0.1) is 12.7 Å². The molecular formula is C18H20FN. The van der Waals surface area contributed by atoms with E-state index in [1.165, 1.54) is 36.5 Å². The first-order chi connectivity index (χ1) is 9.74. The van der Waals surface area contributed by atoms with E-state index < -0.39 is 0 Å². The van der Waals surface area contributed by atoms with Crippen LogP contribution in [0.3, 0.4) is 0 Å². The number of anilines is 1. The second-order valence-corrected chi connectivity index (χ2v) is 5.65. The predicted octanol–water partition coefficient (Wildman–Crippen LogP) is 4.67. The van der Waals surface area contributed by atoms with E-state index in [4.69, 9.17) is 0 Å². The maximum absolute atomic E-state index is 13.8. The summed E-state index contributed by atoms with van der Waals surface area (Å²) in [4.78, 5) is 0. The number of hydrogen-bond donors (Lipinski definition) is 1. The van der Waals surface area contributed by atoms with Gasteiger partial charge in [-0.1, -0.05) is 30.3 Å². The minimum absolute atomic E-state index is 0.167. The van der Waals surface area contributed by atoms with Crippen LogP contribution >= 0.6 is 0 Å². The number of hydrogen-bond acceptors (Lipinski definition) is 1. The number of aryl methyl sites for hydroxylation is 2. The molecule has 2 aromatic carbocycles. The van der Waals surface area contributed by atoms with E-state index in [0.717, 1.165) is 12.1 Å². The number of halogens is 1. The number of rotatable bonds is 3. The molecule has 0 amide bonds. The van der Waals surface area contributed by atoms with Gasteiger partial charge in [0, 0.05) is 12.5 Å². The molecule has 2 aromatic rings. The van der Waals surface area contributed by atoms with Crippen molar-refractivity contribution in [2.45, 2.75) is 32.1 Å². The Morgan fingerprint density at radius 2 is 2.05 bits per heavy atom. The van der Waals surface area contributed by atoms with Gasteiger partial charge >= 0.3 is 0 Å². The molecule has 0 radical (unpaired) electrons. The number of nitrogens with one attached hydrogen (secondary N) is 1. The molecule has 104 valence electrons. The maximum atomic E-state index is 13.8. The monoisotopic (exact) mass is 269 g/mol. The third-order valence-corrected chi connectivity index (χ3v) is 4.15. The maximum Gasteiger partial charge on any atom is 0.146 e. The molecule has 1 aliphatic rings. The Morgan fingerprint density at radius 3 is 2.95 bits per heavy atom. The summed E-state index contributed by atoms with van der Waals surface area (Å²) >= 11 is 0. The lowest BCUT2D eigenvalue weighted by molar-refractivity contribution is 0.568. The summed E-state index contributed by atoms with van der Waals surface area (Å²) in [6.45, 7) is 2.79. The molecule has 0 bridgehead atoms. The van der Waals surface area contributed by atoms with Crippen molar-refractivity contribution in [3.63, 3.8) is 0 Å². The highest BCUT2D eigenvalue weighted by Crippen LogP contribution is 2.31. The molecule has 20 heavy (non-hydrogen) atoms. The summed E-state index contributed by atoms with van der Waals surface area (Å²) in [6, 6.07) is 13.9. The van der Waals surface area contributed by atoms with Crippen molar-refractivity contribution >= 4 is 5.69 Å². The zero-order chi connectivity index (χ0) is 13.9. The molecule has 1 atom stereocenters. The molecule has 1 unspecified atom stereocenters. The van der Waals surface area contributed by atoms with E-state index in [2.05, 4.69) is 29.6 Å². The molecule has 2 heteroatoms. The summed E-state index contributed by atoms with van der Waals surface area (Å²) in [5.41, 5.74) is 4.58. The van der Waals surface area contributed by atoms with Crippen molar-refractivity contribution < 1.29 is 4.39 Å². The van der Waals surface area contributed by atoms with Crippen molar-refractivity contribution in [1.29, 1.82) is 0 Å². The van der Waals surface area contributed by atoms with E-state index >= 15 is 0 Å². The smallest absolute Gasteiger partial charge is 0.146 e. The van der Waals surface area contributed by atoms with Crippen molar-refractivity contribution in [2.24, 2.45) is 0 Å². The Kier molecular flexibility index (Phi) is 3.72. The largest absolute Gasteiger partial charge is 0.382 e. The third-order valence-electron chi connectivity index (χ3n) is 4.15. The lowest BCUT2D eigenvalue weighted by Crippen LogP contribution is -2.18. The van der Waals surface area contributed by atoms with Gasteiger partial charge in [-0.15, -0.1) is 0 Å². The summed E-state index contributed by atoms with van der Waals surface area (Å²) < 4.78 is 13.8. The first-order valence-electron chi connectivity index (χ1n) is 7.32. The van der Waals surface area contributed by atoms with Crippen LogP contribution < -0.4 is 5.32 Å². The van der Waals surface area contributed by atoms with E-state index in [9.17, 15) is 4.39 Å². The van der Waals surface area contributed by atoms with Crippen molar-refractivity contribution in [3.05, 3.63) is 65.0 Å². The van der Waals surface area contributed by atoms with Crippen molar-refractivity contribution in [3.8, 4) is 0 Å². The Hall–Kier alpha value is -1.83. The normalized spacial score (nSPS) is 17.6. The Balaban J connectivity index is 1.75. The average molecular weight is 269 g/mol. The van der Waals surface area contributed by atoms with Crippen molar-refractivity contribution in [1.82, 2.24) is 0 Å². The van der Waals surface area contributed by atoms with Gasteiger partial charge in [0.05, 0.1) is 5.69 Å². The minimum Gasteiger partial charge on any atom is -0.382 e. The van der Waals surface area contributed by atoms with Gasteiger partial charge in [0.25, 0.3) is 0 Å². The average Bonchev–Trinajstić information content (AvgIpc) is 2.48. The first kappa shape index (κ1) is 13.2. The summed E-state index contributed by atoms with van der Waals surface area (Å²) in [5, 5.41) is 3.29. The van der Waals surface area contributed by atoms with Crippen LogP contribution in [0.1, 0.15) is 35.4 Å². The van der Waals surface area contributed by atoms with Crippen LogP contribution in [-0.4, -0.2) is 6.54 Å². The molecule has 0 heterocycles. The van der Waals surface area contributed by atoms with E-state index in [1.807, 2.05) is 13.0 Å². The van der Waals surface area contributed by atoms with Gasteiger partial charge in [0.2, 0.25) is 0 Å². The highest BCUT2D eigenvalue weighted by atomic mass is 19.1. The molecule has 1 nitrogen and oxygen atoms in total. The molecule has 0 saturated heterocycles. The molecule has 0 aromatic heterocycles. The molecule has 0 spiro atoms. The minimum atomic E-state index is -0.167. The van der Waals surface area contributed by atoms with Crippen LogP contribution in [0.2, 0.25) is 0 Å². The van der Waals surface area contributed by atoms with Gasteiger partial charge in [-0.3, -0.25) is 0 Å². The second kappa shape index (κ2) is 5.66. The third kappa shape index (κ3) is 2.69. The molecular weight excluding hydrogens is 249 g/mol. The van der Waals surface area contributed by atoms with Gasteiger partial charge in [-0.25, -0.2) is 4.39 Å². The molecule has 1 N–H and O–H groups in total. The Morgan fingerprint density at radius 1 is 1.20 bits per heavy atom. The van der Waals surface area contributed by atoms with E-state index in [0.29, 0.717) is 11.6 Å². The molecule has 0 saturated carbocycles. The highest BCUT2D eigenvalue weighted by molar-refractivity contribution is 5.47. The molecule has 1 aliphatic carbocycles. The second-order valence-electron chi connectivity index (χ2n) is 5.65. The standard InChI is InChI=1S/C18H20FN/c1-13-9-10-17(19)18(11-13)20-12-15-7-4-6-14-5-2-3-8-16(14)15/h2-3,5,8-11,15,20H,4,6-7,12H2,1H3. The Bertz CT molecular complexity index is 606. The van der Waals surface area contributed by atoms with Gasteiger partial charge in [-0.05, 0) is 55.0 Å². The van der Waals surface area contributed by atoms with Crippen LogP contribution in [0.25, 0.3) is 0 Å². The van der Waals surface area contributed by atoms with Gasteiger partial charge < -0.3 is 5.32 Å². The quantitative estimate of drug-likeness (QED) is 0.854. The van der Waals surface area contributed by atoms with Gasteiger partial charge in [-0.2, -0.15) is 0 Å². The number of benzene rings is 2. The van der Waals surface area contributed by atoms with Crippen LogP contribution in [0.4, 0.5) is 10.1 Å². The van der Waals surface area contributed by atoms with Crippen LogP contribution in [-0.2, 0) is 6.42 Å². The zero-order valence-corrected chi connectivity index (χ0v) is 11.8. The topological polar surface area (TPSA) is 12.0 Å². The lowest BCUT2D eigenvalue weighted by atomic mass is 9.83. The fourth-order valence-corrected chi connectivity index (χ4v) is 3.07. The lowest BCUT2D eigenvalue weighted by Gasteiger charge is -2.26. The van der Waals surface area contributed by atoms with Gasteiger partial charge in [0.15, 0.2) is 0 Å². The van der Waals surface area contributed by atoms with E-state index in [1.54, 1.807) is 6.07 Å². The Labute approximate surface area is 119 Å². The van der Waals surface area contributed by atoms with Gasteiger partial charge in [0.1, 0.15) is 5.82 Å². The van der Waals surface area contributed by atoms with Crippen LogP contribution in [0.5, 0.6) is 0 Å². The highest BCUT2D eigenvalue weighted by Gasteiger charge is 2.19. The summed E-state index contributed by atoms with van der Waals surface area (Å²) in [6.07, 6.45) is 3.57. The number of fused-ring (bicyclic) bond motifs is 1. The fraction of sp³-hybridized carbons (Fsp3) is 0.333. The molecule has 0 aliphatic heterocycles. The molecule has 3 rings (SSSR count). The first-order valence-corrected chi connectivity index (χ1v) is 7.32. The SMILES string of the molecule is Cc1ccc(F)c(NCC2CCCc3ccccc32)c1. The van der Waals surface area contributed by atoms with Crippen molar-refractivity contribution in [2.75, 3.05) is 11.9 Å². The molecule has 0 fully saturated rings. The fourth-order valence-electron chi connectivity index (χ4n) is 3.07. The summed E-state index contributed by atoms with van der Waals surface area (Å²) in [7, 11) is 0. The predicted molar refractivity (Wildman–Crippen MR) is 81.7 cm³/mol. The zero-order valence-electron chi connectivity index (χ0n) is 11.8. The van der Waals surface area contributed by atoms with E-state index in [-0.39, 0.29) is 5.82 Å². The summed E-state index contributed by atoms with van der Waals surface area (Å²) in [5.74, 6) is 0.319.